The molecule has 1 aromatic rings. The summed E-state index contributed by atoms with van der Waals surface area (Å²) in [6, 6.07) is 7.85. The fourth-order valence-corrected chi connectivity index (χ4v) is 1.42. The number of benzene rings is 1. The minimum atomic E-state index is -0.764. The second-order valence-electron chi connectivity index (χ2n) is 4.26. The van der Waals surface area contributed by atoms with Crippen molar-refractivity contribution in [3.8, 4) is 0 Å². The van der Waals surface area contributed by atoms with Crippen LogP contribution < -0.4 is 4.99 Å². The van der Waals surface area contributed by atoms with Gasteiger partial charge >= 0.3 is 11.8 Å². The molecule has 0 saturated carbocycles. The summed E-state index contributed by atoms with van der Waals surface area (Å²) in [5.41, 5.74) is 1.32. The van der Waals surface area contributed by atoms with E-state index in [9.17, 15) is 4.79 Å². The summed E-state index contributed by atoms with van der Waals surface area (Å²) in [6.07, 6.45) is 0. The Kier molecular flexibility index (Phi) is 2.11. The maximum Gasteiger partial charge on any atom is 0.431 e. The molecule has 0 spiro atoms. The van der Waals surface area contributed by atoms with Crippen LogP contribution in [-0.2, 0) is 9.53 Å². The van der Waals surface area contributed by atoms with Crippen LogP contribution in [0.5, 0.6) is 0 Å². The van der Waals surface area contributed by atoms with Crippen LogP contribution in [0.3, 0.4) is 0 Å². The molecule has 78 valence electrons. The predicted octanol–water partition coefficient (Wildman–Crippen LogP) is 0.158. The van der Waals surface area contributed by atoms with Gasteiger partial charge in [0.2, 0.25) is 5.60 Å². The van der Waals surface area contributed by atoms with Crippen molar-refractivity contribution in [3.63, 3.8) is 0 Å². The van der Waals surface area contributed by atoms with Crippen LogP contribution in [0, 0.1) is 6.92 Å². The van der Waals surface area contributed by atoms with Gasteiger partial charge in [-0.1, -0.05) is 17.7 Å². The molecular formula is C12H14NO2+. The molecule has 3 heteroatoms. The summed E-state index contributed by atoms with van der Waals surface area (Å²) in [6.45, 7) is 5.53. The third-order valence-electron chi connectivity index (χ3n) is 2.44. The van der Waals surface area contributed by atoms with Crippen molar-refractivity contribution >= 4 is 11.8 Å². The van der Waals surface area contributed by atoms with E-state index in [-0.39, 0.29) is 5.91 Å². The van der Waals surface area contributed by atoms with Gasteiger partial charge in [0.1, 0.15) is 0 Å². The molecule has 0 fully saturated rings. The third-order valence-corrected chi connectivity index (χ3v) is 2.44. The molecule has 1 N–H and O–H groups in total. The Bertz CT molecular complexity index is 429. The smallest absolute Gasteiger partial charge is 0.422 e. The summed E-state index contributed by atoms with van der Waals surface area (Å²) < 4.78 is 5.54. The lowest BCUT2D eigenvalue weighted by Crippen LogP contribution is -2.76. The molecule has 0 saturated heterocycles. The maximum absolute atomic E-state index is 11.5. The first-order valence-electron chi connectivity index (χ1n) is 4.93. The molecular weight excluding hydrogens is 190 g/mol. The van der Waals surface area contributed by atoms with Crippen LogP contribution in [0.25, 0.3) is 0 Å². The van der Waals surface area contributed by atoms with Crippen molar-refractivity contribution in [2.45, 2.75) is 26.4 Å². The van der Waals surface area contributed by atoms with E-state index < -0.39 is 5.60 Å². The normalized spacial score (nSPS) is 18.6. The number of hydrogen-bond acceptors (Lipinski definition) is 2. The standard InChI is InChI=1S/C12H13NO2/c1-8-4-6-9(7-5-8)10-13-11(14)12(2,3)15-10/h4-7H,1-3H3/p+1. The number of nitrogens with one attached hydrogen (secondary N) is 1. The van der Waals surface area contributed by atoms with E-state index in [4.69, 9.17) is 4.74 Å². The highest BCUT2D eigenvalue weighted by Gasteiger charge is 2.44. The molecule has 0 aromatic heterocycles. The fourth-order valence-electron chi connectivity index (χ4n) is 1.42. The van der Waals surface area contributed by atoms with Gasteiger partial charge in [-0.05, 0) is 32.9 Å². The van der Waals surface area contributed by atoms with Crippen LogP contribution in [-0.4, -0.2) is 17.4 Å². The highest BCUT2D eigenvalue weighted by molar-refractivity contribution is 5.98. The molecule has 15 heavy (non-hydrogen) atoms. The lowest BCUT2D eigenvalue weighted by Gasteiger charge is -2.09. The monoisotopic (exact) mass is 204 g/mol. The minimum absolute atomic E-state index is 0.0990. The van der Waals surface area contributed by atoms with E-state index in [1.807, 2.05) is 31.2 Å². The van der Waals surface area contributed by atoms with E-state index >= 15 is 0 Å². The van der Waals surface area contributed by atoms with Crippen LogP contribution in [0.1, 0.15) is 25.0 Å². The quantitative estimate of drug-likeness (QED) is 0.707. The van der Waals surface area contributed by atoms with E-state index in [0.717, 1.165) is 5.56 Å². The second-order valence-corrected chi connectivity index (χ2v) is 4.26. The first-order valence-corrected chi connectivity index (χ1v) is 4.93. The van der Waals surface area contributed by atoms with Crippen LogP contribution >= 0.6 is 0 Å². The van der Waals surface area contributed by atoms with Gasteiger partial charge in [0, 0.05) is 0 Å². The maximum atomic E-state index is 11.5. The second kappa shape index (κ2) is 3.19. The molecule has 0 aliphatic carbocycles. The van der Waals surface area contributed by atoms with Crippen molar-refractivity contribution in [2.75, 3.05) is 0 Å². The van der Waals surface area contributed by atoms with Crippen molar-refractivity contribution in [3.05, 3.63) is 35.4 Å². The molecule has 1 aromatic carbocycles. The molecule has 0 unspecified atom stereocenters. The van der Waals surface area contributed by atoms with Crippen LogP contribution in [0.4, 0.5) is 0 Å². The molecule has 0 bridgehead atoms. The van der Waals surface area contributed by atoms with Gasteiger partial charge in [0.25, 0.3) is 0 Å². The molecule has 1 heterocycles. The summed E-state index contributed by atoms with van der Waals surface area (Å²) in [5, 5.41) is 0. The van der Waals surface area contributed by atoms with Crippen molar-refractivity contribution in [2.24, 2.45) is 0 Å². The van der Waals surface area contributed by atoms with Crippen molar-refractivity contribution in [1.82, 2.24) is 0 Å². The summed E-state index contributed by atoms with van der Waals surface area (Å²) in [5.74, 6) is 0.447. The minimum Gasteiger partial charge on any atom is -0.422 e. The molecule has 3 nitrogen and oxygen atoms in total. The topological polar surface area (TPSA) is 40.3 Å². The molecule has 1 amide bonds. The SMILES string of the molecule is Cc1ccc(C2=[NH+]C(=O)C(C)(C)O2)cc1. The Hall–Kier alpha value is -1.64. The molecule has 1 aliphatic heterocycles. The van der Waals surface area contributed by atoms with E-state index in [1.54, 1.807) is 13.8 Å². The van der Waals surface area contributed by atoms with Gasteiger partial charge in [0.05, 0.1) is 5.56 Å². The number of amides is 1. The van der Waals surface area contributed by atoms with Gasteiger partial charge in [-0.2, -0.15) is 0 Å². The zero-order valence-electron chi connectivity index (χ0n) is 9.13. The zero-order valence-corrected chi connectivity index (χ0v) is 9.13. The number of rotatable bonds is 1. The van der Waals surface area contributed by atoms with Gasteiger partial charge < -0.3 is 4.74 Å². The van der Waals surface area contributed by atoms with Gasteiger partial charge in [0.15, 0.2) is 0 Å². The van der Waals surface area contributed by atoms with Crippen LogP contribution in [0.15, 0.2) is 24.3 Å². The summed E-state index contributed by atoms with van der Waals surface area (Å²) in [4.78, 5) is 14.2. The average molecular weight is 204 g/mol. The Morgan fingerprint density at radius 3 is 2.27 bits per heavy atom. The van der Waals surface area contributed by atoms with E-state index in [2.05, 4.69) is 4.99 Å². The highest BCUT2D eigenvalue weighted by Crippen LogP contribution is 2.14. The van der Waals surface area contributed by atoms with Crippen molar-refractivity contribution in [1.29, 1.82) is 0 Å². The number of aryl methyl sites for hydroxylation is 1. The van der Waals surface area contributed by atoms with Crippen molar-refractivity contribution < 1.29 is 14.5 Å². The van der Waals surface area contributed by atoms with Crippen LogP contribution in [0.2, 0.25) is 0 Å². The van der Waals surface area contributed by atoms with Gasteiger partial charge in [-0.25, -0.2) is 4.79 Å². The zero-order chi connectivity index (χ0) is 11.1. The Labute approximate surface area is 88.8 Å². The predicted molar refractivity (Wildman–Crippen MR) is 56.4 cm³/mol. The number of ether oxygens (including phenoxy) is 1. The Morgan fingerprint density at radius 1 is 1.20 bits per heavy atom. The Morgan fingerprint density at radius 2 is 1.80 bits per heavy atom. The number of carbonyl (C=O) groups excluding carboxylic acids is 1. The summed E-state index contributed by atoms with van der Waals surface area (Å²) >= 11 is 0. The Balaban J connectivity index is 2.31. The fraction of sp³-hybridized carbons (Fsp3) is 0.333. The first-order chi connectivity index (χ1) is 6.99. The molecule has 0 atom stereocenters. The molecule has 0 radical (unpaired) electrons. The lowest BCUT2D eigenvalue weighted by atomic mass is 10.1. The molecule has 2 rings (SSSR count). The van der Waals surface area contributed by atoms with E-state index in [0.29, 0.717) is 5.90 Å². The third kappa shape index (κ3) is 1.77. The largest absolute Gasteiger partial charge is 0.431 e. The molecule has 1 aliphatic rings. The first kappa shape index (κ1) is 9.90. The number of carbonyl (C=O) groups is 1. The highest BCUT2D eigenvalue weighted by atomic mass is 16.5. The number of hydrogen-bond donors (Lipinski definition) is 1. The lowest BCUT2D eigenvalue weighted by molar-refractivity contribution is -0.373. The van der Waals surface area contributed by atoms with E-state index in [1.165, 1.54) is 5.56 Å². The van der Waals surface area contributed by atoms with Gasteiger partial charge in [-0.3, -0.25) is 0 Å². The summed E-state index contributed by atoms with van der Waals surface area (Å²) in [7, 11) is 0. The average Bonchev–Trinajstić information content (AvgIpc) is 2.42. The van der Waals surface area contributed by atoms with Gasteiger partial charge in [-0.15, -0.1) is 4.99 Å².